The van der Waals surface area contributed by atoms with E-state index in [-0.39, 0.29) is 0 Å². The zero-order valence-corrected chi connectivity index (χ0v) is 13.4. The van der Waals surface area contributed by atoms with Gasteiger partial charge in [0.25, 0.3) is 0 Å². The number of halogens is 1. The molecular formula is C16H31ClN2. The van der Waals surface area contributed by atoms with E-state index in [2.05, 4.69) is 17.3 Å². The molecule has 1 heterocycles. The molecule has 2 fully saturated rings. The summed E-state index contributed by atoms with van der Waals surface area (Å²) in [6.07, 6.45) is 12.3. The van der Waals surface area contributed by atoms with Gasteiger partial charge < -0.3 is 10.2 Å². The first kappa shape index (κ1) is 15.6. The summed E-state index contributed by atoms with van der Waals surface area (Å²) in [5.41, 5.74) is 0.401. The Morgan fingerprint density at radius 3 is 2.63 bits per heavy atom. The lowest BCUT2D eigenvalue weighted by molar-refractivity contribution is 0.169. The van der Waals surface area contributed by atoms with Crippen molar-refractivity contribution in [2.45, 2.75) is 63.8 Å². The van der Waals surface area contributed by atoms with Crippen LogP contribution in [0.2, 0.25) is 0 Å². The predicted octanol–water partition coefficient (Wildman–Crippen LogP) is 3.64. The summed E-state index contributed by atoms with van der Waals surface area (Å²) in [5.74, 6) is 0.837. The molecule has 0 amide bonds. The van der Waals surface area contributed by atoms with E-state index in [1.807, 2.05) is 0 Å². The van der Waals surface area contributed by atoms with Crippen LogP contribution in [0.5, 0.6) is 0 Å². The Hall–Kier alpha value is 0.210. The van der Waals surface area contributed by atoms with Crippen LogP contribution in [0.1, 0.15) is 57.8 Å². The van der Waals surface area contributed by atoms with E-state index in [9.17, 15) is 0 Å². The highest BCUT2D eigenvalue weighted by Crippen LogP contribution is 2.36. The van der Waals surface area contributed by atoms with Gasteiger partial charge in [-0.05, 0) is 57.7 Å². The summed E-state index contributed by atoms with van der Waals surface area (Å²) in [6, 6.07) is 0.805. The van der Waals surface area contributed by atoms with Crippen LogP contribution < -0.4 is 5.32 Å². The minimum absolute atomic E-state index is 0.401. The molecule has 2 aliphatic rings. The van der Waals surface area contributed by atoms with Crippen molar-refractivity contribution in [1.82, 2.24) is 10.2 Å². The van der Waals surface area contributed by atoms with Gasteiger partial charge in [-0.1, -0.05) is 25.7 Å². The van der Waals surface area contributed by atoms with Crippen LogP contribution in [-0.4, -0.2) is 43.5 Å². The maximum Gasteiger partial charge on any atom is 0.0292 e. The summed E-state index contributed by atoms with van der Waals surface area (Å²) < 4.78 is 0. The fourth-order valence-electron chi connectivity index (χ4n) is 3.79. The second-order valence-electron chi connectivity index (χ2n) is 6.79. The Balaban J connectivity index is 1.65. The van der Waals surface area contributed by atoms with Crippen molar-refractivity contribution in [3.05, 3.63) is 0 Å². The van der Waals surface area contributed by atoms with Gasteiger partial charge in [-0.2, -0.15) is 0 Å². The molecule has 1 saturated heterocycles. The summed E-state index contributed by atoms with van der Waals surface area (Å²) in [6.45, 7) is 3.58. The molecule has 0 aromatic rings. The van der Waals surface area contributed by atoms with Gasteiger partial charge in [-0.15, -0.1) is 11.6 Å². The monoisotopic (exact) mass is 286 g/mol. The predicted molar refractivity (Wildman–Crippen MR) is 84.0 cm³/mol. The van der Waals surface area contributed by atoms with Crippen molar-refractivity contribution < 1.29 is 0 Å². The fourth-order valence-corrected chi connectivity index (χ4v) is 4.15. The maximum atomic E-state index is 6.24. The molecular weight excluding hydrogens is 256 g/mol. The van der Waals surface area contributed by atoms with Crippen LogP contribution in [-0.2, 0) is 0 Å². The SMILES string of the molecule is CN1CCCCC1CCNCC1(CCl)CCCCC1. The van der Waals surface area contributed by atoms with Gasteiger partial charge in [-0.3, -0.25) is 0 Å². The molecule has 19 heavy (non-hydrogen) atoms. The second-order valence-corrected chi connectivity index (χ2v) is 7.06. The molecule has 2 rings (SSSR count). The summed E-state index contributed by atoms with van der Waals surface area (Å²) in [5, 5.41) is 3.70. The Morgan fingerprint density at radius 1 is 1.16 bits per heavy atom. The summed E-state index contributed by atoms with van der Waals surface area (Å²) in [7, 11) is 2.28. The first-order valence-corrected chi connectivity index (χ1v) is 8.76. The van der Waals surface area contributed by atoms with Gasteiger partial charge in [0.2, 0.25) is 0 Å². The number of nitrogens with zero attached hydrogens (tertiary/aromatic N) is 1. The van der Waals surface area contributed by atoms with Crippen LogP contribution in [0, 0.1) is 5.41 Å². The summed E-state index contributed by atoms with van der Waals surface area (Å²) >= 11 is 6.24. The Kier molecular flexibility index (Phi) is 6.44. The molecule has 1 N–H and O–H groups in total. The third-order valence-corrected chi connectivity index (χ3v) is 5.84. The largest absolute Gasteiger partial charge is 0.316 e. The van der Waals surface area contributed by atoms with Gasteiger partial charge in [0, 0.05) is 18.5 Å². The standard InChI is InChI=1S/C16H31ClN2/c1-19-12-6-3-7-15(19)8-11-18-14-16(13-17)9-4-2-5-10-16/h15,18H,2-14H2,1H3. The highest BCUT2D eigenvalue weighted by Gasteiger charge is 2.30. The molecule has 3 heteroatoms. The molecule has 1 aliphatic heterocycles. The molecule has 1 aliphatic carbocycles. The molecule has 0 radical (unpaired) electrons. The van der Waals surface area contributed by atoms with E-state index in [0.29, 0.717) is 5.41 Å². The number of likely N-dealkylation sites (tertiary alicyclic amines) is 1. The smallest absolute Gasteiger partial charge is 0.0292 e. The number of piperidine rings is 1. The van der Waals surface area contributed by atoms with Crippen molar-refractivity contribution in [2.24, 2.45) is 5.41 Å². The summed E-state index contributed by atoms with van der Waals surface area (Å²) in [4.78, 5) is 2.54. The van der Waals surface area contributed by atoms with Crippen molar-refractivity contribution in [2.75, 3.05) is 32.6 Å². The molecule has 1 saturated carbocycles. The average Bonchev–Trinajstić information content (AvgIpc) is 2.46. The van der Waals surface area contributed by atoms with E-state index in [1.54, 1.807) is 0 Å². The molecule has 0 aromatic heterocycles. The Morgan fingerprint density at radius 2 is 1.95 bits per heavy atom. The minimum Gasteiger partial charge on any atom is -0.316 e. The first-order valence-electron chi connectivity index (χ1n) is 8.23. The van der Waals surface area contributed by atoms with E-state index in [4.69, 9.17) is 11.6 Å². The molecule has 0 spiro atoms. The number of nitrogens with one attached hydrogen (secondary N) is 1. The number of rotatable bonds is 6. The van der Waals surface area contributed by atoms with Crippen LogP contribution in [0.25, 0.3) is 0 Å². The third kappa shape index (κ3) is 4.61. The topological polar surface area (TPSA) is 15.3 Å². The molecule has 0 bridgehead atoms. The molecule has 1 unspecified atom stereocenters. The van der Waals surface area contributed by atoms with Gasteiger partial charge >= 0.3 is 0 Å². The Labute approximate surface area is 124 Å². The molecule has 0 aromatic carbocycles. The average molecular weight is 287 g/mol. The zero-order valence-electron chi connectivity index (χ0n) is 12.6. The van der Waals surface area contributed by atoms with Crippen molar-refractivity contribution in [1.29, 1.82) is 0 Å². The molecule has 112 valence electrons. The lowest BCUT2D eigenvalue weighted by Gasteiger charge is -2.36. The minimum atomic E-state index is 0.401. The van der Waals surface area contributed by atoms with E-state index >= 15 is 0 Å². The van der Waals surface area contributed by atoms with E-state index < -0.39 is 0 Å². The number of hydrogen-bond acceptors (Lipinski definition) is 2. The van der Waals surface area contributed by atoms with Crippen molar-refractivity contribution in [3.63, 3.8) is 0 Å². The van der Waals surface area contributed by atoms with Crippen LogP contribution in [0.4, 0.5) is 0 Å². The molecule has 1 atom stereocenters. The molecule has 2 nitrogen and oxygen atoms in total. The maximum absolute atomic E-state index is 6.24. The fraction of sp³-hybridized carbons (Fsp3) is 1.00. The van der Waals surface area contributed by atoms with Gasteiger partial charge in [0.05, 0.1) is 0 Å². The van der Waals surface area contributed by atoms with Crippen LogP contribution in [0.15, 0.2) is 0 Å². The van der Waals surface area contributed by atoms with Crippen LogP contribution >= 0.6 is 11.6 Å². The van der Waals surface area contributed by atoms with E-state index in [0.717, 1.165) is 25.0 Å². The van der Waals surface area contributed by atoms with E-state index in [1.165, 1.54) is 64.3 Å². The number of hydrogen-bond donors (Lipinski definition) is 1. The van der Waals surface area contributed by atoms with Gasteiger partial charge in [-0.25, -0.2) is 0 Å². The van der Waals surface area contributed by atoms with Crippen LogP contribution in [0.3, 0.4) is 0 Å². The quantitative estimate of drug-likeness (QED) is 0.592. The highest BCUT2D eigenvalue weighted by molar-refractivity contribution is 6.18. The lowest BCUT2D eigenvalue weighted by Crippen LogP contribution is -2.41. The van der Waals surface area contributed by atoms with Crippen molar-refractivity contribution in [3.8, 4) is 0 Å². The van der Waals surface area contributed by atoms with Crippen molar-refractivity contribution >= 4 is 11.6 Å². The third-order valence-electron chi connectivity index (χ3n) is 5.27. The van der Waals surface area contributed by atoms with Gasteiger partial charge in [0.15, 0.2) is 0 Å². The first-order chi connectivity index (χ1) is 9.26. The number of alkyl halides is 1. The second kappa shape index (κ2) is 7.85. The van der Waals surface area contributed by atoms with Gasteiger partial charge in [0.1, 0.15) is 0 Å². The lowest BCUT2D eigenvalue weighted by atomic mass is 9.75. The normalized spacial score (nSPS) is 28.4. The highest BCUT2D eigenvalue weighted by atomic mass is 35.5. The zero-order chi connectivity index (χ0) is 13.6. The Bertz CT molecular complexity index is 251.